The average Bonchev–Trinajstić information content (AvgIpc) is 3.40. The molecule has 0 aromatic rings. The van der Waals surface area contributed by atoms with Crippen LogP contribution in [0.3, 0.4) is 0 Å². The van der Waals surface area contributed by atoms with Gasteiger partial charge in [0.2, 0.25) is 0 Å². The molecule has 0 heterocycles. The third-order valence-corrected chi connectivity index (χ3v) is 12.1. The maximum absolute atomic E-state index is 12.8. The maximum Gasteiger partial charge on any atom is 0.306 e. The molecule has 0 amide bonds. The van der Waals surface area contributed by atoms with Gasteiger partial charge >= 0.3 is 17.9 Å². The van der Waals surface area contributed by atoms with Gasteiger partial charge in [0, 0.05) is 19.3 Å². The zero-order chi connectivity index (χ0) is 53.6. The van der Waals surface area contributed by atoms with Gasteiger partial charge in [-0.05, 0) is 122 Å². The Morgan fingerprint density at radius 2 is 0.554 bits per heavy atom. The van der Waals surface area contributed by atoms with Crippen molar-refractivity contribution in [1.29, 1.82) is 0 Å². The molecule has 0 saturated heterocycles. The second-order valence-corrected chi connectivity index (χ2v) is 19.2. The van der Waals surface area contributed by atoms with Gasteiger partial charge in [-0.3, -0.25) is 14.4 Å². The zero-order valence-electron chi connectivity index (χ0n) is 47.5. The van der Waals surface area contributed by atoms with E-state index in [2.05, 4.69) is 167 Å². The maximum atomic E-state index is 12.8. The van der Waals surface area contributed by atoms with Gasteiger partial charge in [0.1, 0.15) is 13.2 Å². The summed E-state index contributed by atoms with van der Waals surface area (Å²) in [6.45, 7) is 6.38. The van der Waals surface area contributed by atoms with E-state index in [-0.39, 0.29) is 31.1 Å². The van der Waals surface area contributed by atoms with E-state index in [1.165, 1.54) is 51.4 Å². The number of carbonyl (C=O) groups excluding carboxylic acids is 3. The first-order chi connectivity index (χ1) is 36.5. The predicted octanol–water partition coefficient (Wildman–Crippen LogP) is 20.4. The highest BCUT2D eigenvalue weighted by atomic mass is 16.6. The molecule has 1 unspecified atom stereocenters. The molecule has 6 heteroatoms. The van der Waals surface area contributed by atoms with Crippen molar-refractivity contribution in [3.63, 3.8) is 0 Å². The predicted molar refractivity (Wildman–Crippen MR) is 320 cm³/mol. The van der Waals surface area contributed by atoms with Gasteiger partial charge in [-0.15, -0.1) is 0 Å². The second-order valence-electron chi connectivity index (χ2n) is 19.2. The summed E-state index contributed by atoms with van der Waals surface area (Å²) in [5.41, 5.74) is 0. The monoisotopic (exact) mass is 1020 g/mol. The molecule has 1 atom stereocenters. The molecule has 0 bridgehead atoms. The van der Waals surface area contributed by atoms with Crippen molar-refractivity contribution in [2.45, 2.75) is 252 Å². The standard InChI is InChI=1S/C68H108O6/c1-4-7-10-13-16-19-22-24-25-26-27-28-29-30-31-32-33-34-35-36-37-38-39-40-41-42-43-45-46-49-52-55-58-61-67(70)73-64-65(63-72-66(69)60-57-54-51-48-21-18-15-12-9-6-3)74-68(71)62-59-56-53-50-47-44-23-20-17-14-11-8-5-2/h7,10-11,14,16,19-20,23-25,27-28,30-31,33-34,36-37,39-40,42-43,46,49,65H,4-6,8-9,12-13,15,17-18,21-22,26,29,32,35,38,41,44-45,47-48,50-64H2,1-3H3/b10-7-,14-11-,19-16-,23-20-,25-24-,28-27-,31-30-,34-33-,37-36-,40-39-,43-42-,49-46-. The summed E-state index contributed by atoms with van der Waals surface area (Å²) < 4.78 is 16.8. The van der Waals surface area contributed by atoms with Crippen LogP contribution in [0.25, 0.3) is 0 Å². The molecule has 0 saturated carbocycles. The molecule has 0 fully saturated rings. The molecular weight excluding hydrogens is 913 g/mol. The number of allylic oxidation sites excluding steroid dienone is 24. The third-order valence-electron chi connectivity index (χ3n) is 12.1. The normalized spacial score (nSPS) is 13.2. The Bertz CT molecular complexity index is 1640. The summed E-state index contributed by atoms with van der Waals surface area (Å²) in [6, 6.07) is 0. The Kier molecular flexibility index (Phi) is 57.0. The van der Waals surface area contributed by atoms with Crippen molar-refractivity contribution in [2.75, 3.05) is 13.2 Å². The van der Waals surface area contributed by atoms with Gasteiger partial charge in [-0.25, -0.2) is 0 Å². The van der Waals surface area contributed by atoms with Crippen molar-refractivity contribution in [3.8, 4) is 0 Å². The highest BCUT2D eigenvalue weighted by molar-refractivity contribution is 5.71. The lowest BCUT2D eigenvalue weighted by Crippen LogP contribution is -2.30. The number of unbranched alkanes of at least 4 members (excludes halogenated alkanes) is 17. The van der Waals surface area contributed by atoms with Gasteiger partial charge in [0.05, 0.1) is 0 Å². The van der Waals surface area contributed by atoms with Gasteiger partial charge < -0.3 is 14.2 Å². The van der Waals surface area contributed by atoms with Crippen LogP contribution in [0.5, 0.6) is 0 Å². The van der Waals surface area contributed by atoms with Gasteiger partial charge in [-0.1, -0.05) is 250 Å². The molecule has 0 rings (SSSR count). The molecule has 0 aromatic heterocycles. The molecule has 0 radical (unpaired) electrons. The van der Waals surface area contributed by atoms with Crippen molar-refractivity contribution in [3.05, 3.63) is 146 Å². The number of esters is 3. The Morgan fingerprint density at radius 3 is 0.905 bits per heavy atom. The van der Waals surface area contributed by atoms with Crippen LogP contribution in [0.15, 0.2) is 146 Å². The lowest BCUT2D eigenvalue weighted by atomic mass is 10.1. The first-order valence-electron chi connectivity index (χ1n) is 29.8. The van der Waals surface area contributed by atoms with Crippen molar-refractivity contribution in [1.82, 2.24) is 0 Å². The Morgan fingerprint density at radius 1 is 0.284 bits per heavy atom. The third kappa shape index (κ3) is 58.2. The van der Waals surface area contributed by atoms with Crippen LogP contribution in [0.1, 0.15) is 245 Å². The number of hydrogen-bond donors (Lipinski definition) is 0. The summed E-state index contributed by atoms with van der Waals surface area (Å²) in [5.74, 6) is -0.969. The minimum absolute atomic E-state index is 0.100. The Hall–Kier alpha value is -4.71. The molecule has 0 aliphatic carbocycles. The lowest BCUT2D eigenvalue weighted by Gasteiger charge is -2.18. The van der Waals surface area contributed by atoms with Gasteiger partial charge in [-0.2, -0.15) is 0 Å². The van der Waals surface area contributed by atoms with E-state index in [0.29, 0.717) is 25.7 Å². The fraction of sp³-hybridized carbons (Fsp3) is 0.603. The molecule has 416 valence electrons. The van der Waals surface area contributed by atoms with E-state index in [0.717, 1.165) is 148 Å². The summed E-state index contributed by atoms with van der Waals surface area (Å²) in [4.78, 5) is 38.0. The van der Waals surface area contributed by atoms with E-state index in [9.17, 15) is 14.4 Å². The second kappa shape index (κ2) is 60.8. The molecule has 0 spiro atoms. The average molecular weight is 1020 g/mol. The van der Waals surface area contributed by atoms with Gasteiger partial charge in [0.15, 0.2) is 6.10 Å². The molecule has 0 aliphatic heterocycles. The molecule has 74 heavy (non-hydrogen) atoms. The topological polar surface area (TPSA) is 78.9 Å². The number of rotatable bonds is 52. The lowest BCUT2D eigenvalue weighted by molar-refractivity contribution is -0.167. The SMILES string of the molecule is CC/C=C\C/C=C\C/C=C\C/C=C\C/C=C\C/C=C\C/C=C\C/C=C\C/C=C\C/C=C\CCCCC(=O)OCC(COC(=O)CCCCCCCCCCCC)OC(=O)CCCCCCC/C=C\C/C=C\CCC. The van der Waals surface area contributed by atoms with Crippen LogP contribution in [-0.4, -0.2) is 37.2 Å². The van der Waals surface area contributed by atoms with E-state index in [1.807, 2.05) is 0 Å². The zero-order valence-corrected chi connectivity index (χ0v) is 47.5. The van der Waals surface area contributed by atoms with Crippen molar-refractivity contribution >= 4 is 17.9 Å². The summed E-state index contributed by atoms with van der Waals surface area (Å²) in [6.07, 6.45) is 87.1. The van der Waals surface area contributed by atoms with E-state index in [1.54, 1.807) is 0 Å². The van der Waals surface area contributed by atoms with Gasteiger partial charge in [0.25, 0.3) is 0 Å². The summed E-state index contributed by atoms with van der Waals surface area (Å²) in [5, 5.41) is 0. The molecule has 6 nitrogen and oxygen atoms in total. The Labute approximate surface area is 455 Å². The van der Waals surface area contributed by atoms with Crippen LogP contribution in [0.4, 0.5) is 0 Å². The molecule has 0 aliphatic rings. The van der Waals surface area contributed by atoms with Crippen LogP contribution in [-0.2, 0) is 28.6 Å². The minimum atomic E-state index is -0.806. The van der Waals surface area contributed by atoms with Crippen molar-refractivity contribution in [2.24, 2.45) is 0 Å². The molecule has 0 N–H and O–H groups in total. The number of hydrogen-bond acceptors (Lipinski definition) is 6. The quantitative estimate of drug-likeness (QED) is 0.0261. The van der Waals surface area contributed by atoms with Crippen LogP contribution in [0, 0.1) is 0 Å². The summed E-state index contributed by atoms with van der Waals surface area (Å²) >= 11 is 0. The number of carbonyl (C=O) groups is 3. The minimum Gasteiger partial charge on any atom is -0.462 e. The first kappa shape index (κ1) is 69.3. The van der Waals surface area contributed by atoms with Crippen LogP contribution >= 0.6 is 0 Å². The first-order valence-corrected chi connectivity index (χ1v) is 29.8. The summed E-state index contributed by atoms with van der Waals surface area (Å²) in [7, 11) is 0. The fourth-order valence-corrected chi connectivity index (χ4v) is 7.62. The highest BCUT2D eigenvalue weighted by Gasteiger charge is 2.19. The molecular formula is C68H108O6. The van der Waals surface area contributed by atoms with Crippen LogP contribution in [0.2, 0.25) is 0 Å². The largest absolute Gasteiger partial charge is 0.462 e. The van der Waals surface area contributed by atoms with E-state index >= 15 is 0 Å². The van der Waals surface area contributed by atoms with E-state index in [4.69, 9.17) is 14.2 Å². The van der Waals surface area contributed by atoms with Crippen molar-refractivity contribution < 1.29 is 28.6 Å². The highest BCUT2D eigenvalue weighted by Crippen LogP contribution is 2.14. The fourth-order valence-electron chi connectivity index (χ4n) is 7.62. The number of ether oxygens (including phenoxy) is 3. The van der Waals surface area contributed by atoms with E-state index < -0.39 is 6.10 Å². The smallest absolute Gasteiger partial charge is 0.306 e. The Balaban J connectivity index is 4.32. The molecule has 0 aromatic carbocycles. The van der Waals surface area contributed by atoms with Crippen LogP contribution < -0.4 is 0 Å².